The quantitative estimate of drug-likeness (QED) is 0.843. The Morgan fingerprint density at radius 3 is 3.09 bits per heavy atom. The number of fused-ring (bicyclic) bond motifs is 1. The number of carboxylic acids is 1. The minimum Gasteiger partial charge on any atom is -0.481 e. The molecule has 6 nitrogen and oxygen atoms in total. The summed E-state index contributed by atoms with van der Waals surface area (Å²) in [7, 11) is 0. The van der Waals surface area contributed by atoms with Gasteiger partial charge in [-0.05, 0) is 18.6 Å². The third kappa shape index (κ3) is 1.61. The summed E-state index contributed by atoms with van der Waals surface area (Å²) in [6.45, 7) is 2.32. The van der Waals surface area contributed by atoms with Crippen molar-refractivity contribution in [3.05, 3.63) is 42.2 Å². The number of aliphatic carboxylic acids is 1. The first-order valence-electron chi connectivity index (χ1n) is 7.34. The van der Waals surface area contributed by atoms with Gasteiger partial charge in [0.25, 0.3) is 0 Å². The summed E-state index contributed by atoms with van der Waals surface area (Å²) in [5.41, 5.74) is 0.152. The van der Waals surface area contributed by atoms with Gasteiger partial charge in [0, 0.05) is 12.4 Å². The van der Waals surface area contributed by atoms with E-state index >= 15 is 0 Å². The number of hydrogen-bond acceptors (Lipinski definition) is 4. The van der Waals surface area contributed by atoms with Gasteiger partial charge in [-0.2, -0.15) is 0 Å². The minimum atomic E-state index is -0.967. The SMILES string of the molecule is C[C@@H](c1cccnc1)N1C[C@]23C=C[C@H](O2)[C@H](C(=O)O)[C@@H]3C1=O. The molecule has 1 amide bonds. The Labute approximate surface area is 127 Å². The van der Waals surface area contributed by atoms with E-state index in [0.717, 1.165) is 5.56 Å². The Morgan fingerprint density at radius 2 is 2.41 bits per heavy atom. The van der Waals surface area contributed by atoms with Gasteiger partial charge in [0.15, 0.2) is 0 Å². The second-order valence-corrected chi connectivity index (χ2v) is 6.17. The van der Waals surface area contributed by atoms with Crippen molar-refractivity contribution in [3.8, 4) is 0 Å². The lowest BCUT2D eigenvalue weighted by Gasteiger charge is -2.27. The number of ether oxygens (including phenoxy) is 1. The van der Waals surface area contributed by atoms with Gasteiger partial charge in [-0.3, -0.25) is 14.6 Å². The lowest BCUT2D eigenvalue weighted by Crippen LogP contribution is -2.39. The van der Waals surface area contributed by atoms with Crippen LogP contribution in [-0.2, 0) is 14.3 Å². The Bertz CT molecular complexity index is 674. The molecule has 1 spiro atoms. The third-order valence-electron chi connectivity index (χ3n) is 5.05. The van der Waals surface area contributed by atoms with Crippen molar-refractivity contribution in [1.29, 1.82) is 0 Å². The minimum absolute atomic E-state index is 0.143. The molecule has 0 aliphatic carbocycles. The smallest absolute Gasteiger partial charge is 0.310 e. The average molecular weight is 300 g/mol. The molecule has 1 aromatic rings. The van der Waals surface area contributed by atoms with Crippen molar-refractivity contribution in [2.75, 3.05) is 6.54 Å². The maximum absolute atomic E-state index is 12.8. The van der Waals surface area contributed by atoms with Crippen molar-refractivity contribution in [2.45, 2.75) is 24.7 Å². The summed E-state index contributed by atoms with van der Waals surface area (Å²) >= 11 is 0. The van der Waals surface area contributed by atoms with E-state index in [0.29, 0.717) is 6.54 Å². The largest absolute Gasteiger partial charge is 0.481 e. The first-order valence-corrected chi connectivity index (χ1v) is 7.34. The van der Waals surface area contributed by atoms with Crippen molar-refractivity contribution < 1.29 is 19.4 Å². The van der Waals surface area contributed by atoms with E-state index in [2.05, 4.69) is 4.98 Å². The molecule has 4 rings (SSSR count). The van der Waals surface area contributed by atoms with Gasteiger partial charge in [0.05, 0.1) is 24.6 Å². The molecule has 114 valence electrons. The van der Waals surface area contributed by atoms with Crippen LogP contribution < -0.4 is 0 Å². The predicted octanol–water partition coefficient (Wildman–Crippen LogP) is 1.01. The van der Waals surface area contributed by atoms with E-state index < -0.39 is 29.5 Å². The predicted molar refractivity (Wildman–Crippen MR) is 75.7 cm³/mol. The molecule has 0 radical (unpaired) electrons. The fourth-order valence-electron chi connectivity index (χ4n) is 3.94. The number of hydrogen-bond donors (Lipinski definition) is 1. The lowest BCUT2D eigenvalue weighted by molar-refractivity contribution is -0.148. The Morgan fingerprint density at radius 1 is 1.59 bits per heavy atom. The third-order valence-corrected chi connectivity index (χ3v) is 5.05. The van der Waals surface area contributed by atoms with E-state index in [4.69, 9.17) is 4.74 Å². The van der Waals surface area contributed by atoms with Gasteiger partial charge in [-0.15, -0.1) is 0 Å². The number of amides is 1. The molecule has 3 aliphatic heterocycles. The van der Waals surface area contributed by atoms with Gasteiger partial charge < -0.3 is 14.7 Å². The normalized spacial score (nSPS) is 36.7. The molecule has 0 aromatic carbocycles. The van der Waals surface area contributed by atoms with Crippen LogP contribution in [0.2, 0.25) is 0 Å². The number of likely N-dealkylation sites (tertiary alicyclic amines) is 1. The van der Waals surface area contributed by atoms with Crippen LogP contribution in [0.1, 0.15) is 18.5 Å². The first-order chi connectivity index (χ1) is 10.5. The molecular formula is C16H16N2O4. The van der Waals surface area contributed by atoms with E-state index in [1.54, 1.807) is 23.4 Å². The standard InChI is InChI=1S/C16H16N2O4/c1-9(10-3-2-6-17-7-10)18-8-16-5-4-11(22-16)12(15(20)21)13(16)14(18)19/h2-7,9,11-13H,8H2,1H3,(H,20,21)/t9-,11-,12-,13+,16-/m0/s1. The maximum Gasteiger partial charge on any atom is 0.310 e. The highest BCUT2D eigenvalue weighted by Gasteiger charge is 2.67. The first kappa shape index (κ1) is 13.5. The highest BCUT2D eigenvalue weighted by molar-refractivity contribution is 5.91. The molecule has 1 N–H and O–H groups in total. The van der Waals surface area contributed by atoms with E-state index in [1.165, 1.54) is 0 Å². The van der Waals surface area contributed by atoms with Gasteiger partial charge in [-0.25, -0.2) is 0 Å². The topological polar surface area (TPSA) is 79.7 Å². The molecule has 6 heteroatoms. The number of pyridine rings is 1. The fraction of sp³-hybridized carbons (Fsp3) is 0.438. The zero-order chi connectivity index (χ0) is 15.5. The lowest BCUT2D eigenvalue weighted by atomic mass is 9.77. The van der Waals surface area contributed by atoms with Crippen molar-refractivity contribution >= 4 is 11.9 Å². The van der Waals surface area contributed by atoms with Gasteiger partial charge >= 0.3 is 5.97 Å². The number of rotatable bonds is 3. The van der Waals surface area contributed by atoms with Crippen LogP contribution in [0.5, 0.6) is 0 Å². The molecule has 4 heterocycles. The van der Waals surface area contributed by atoms with Crippen LogP contribution in [0.3, 0.4) is 0 Å². The molecule has 5 atom stereocenters. The molecule has 1 aromatic heterocycles. The zero-order valence-corrected chi connectivity index (χ0v) is 12.0. The Kier molecular flexibility index (Phi) is 2.69. The van der Waals surface area contributed by atoms with Crippen molar-refractivity contribution in [2.24, 2.45) is 11.8 Å². The van der Waals surface area contributed by atoms with Gasteiger partial charge in [-0.1, -0.05) is 18.2 Å². The number of aromatic nitrogens is 1. The summed E-state index contributed by atoms with van der Waals surface area (Å²) < 4.78 is 5.87. The average Bonchev–Trinajstić information content (AvgIpc) is 3.15. The van der Waals surface area contributed by atoms with Crippen LogP contribution in [0, 0.1) is 11.8 Å². The zero-order valence-electron chi connectivity index (χ0n) is 12.0. The Hall–Kier alpha value is -2.21. The van der Waals surface area contributed by atoms with E-state index in [-0.39, 0.29) is 11.9 Å². The highest BCUT2D eigenvalue weighted by Crippen LogP contribution is 2.53. The number of nitrogens with zero attached hydrogens (tertiary/aromatic N) is 2. The summed E-state index contributed by atoms with van der Waals surface area (Å²) in [5.74, 6) is -2.52. The summed E-state index contributed by atoms with van der Waals surface area (Å²) in [6, 6.07) is 3.58. The monoisotopic (exact) mass is 300 g/mol. The van der Waals surface area contributed by atoms with Crippen molar-refractivity contribution in [1.82, 2.24) is 9.88 Å². The van der Waals surface area contributed by atoms with Gasteiger partial charge in [0.2, 0.25) is 5.91 Å². The number of carbonyl (C=O) groups excluding carboxylic acids is 1. The maximum atomic E-state index is 12.8. The highest BCUT2D eigenvalue weighted by atomic mass is 16.5. The van der Waals surface area contributed by atoms with E-state index in [9.17, 15) is 14.7 Å². The number of carboxylic acid groups (broad SMARTS) is 1. The molecule has 0 unspecified atom stereocenters. The molecule has 2 fully saturated rings. The Balaban J connectivity index is 1.68. The molecule has 22 heavy (non-hydrogen) atoms. The van der Waals surface area contributed by atoms with Crippen LogP contribution in [0.25, 0.3) is 0 Å². The number of carbonyl (C=O) groups is 2. The summed E-state index contributed by atoms with van der Waals surface area (Å²) in [6.07, 6.45) is 6.58. The molecule has 0 saturated carbocycles. The van der Waals surface area contributed by atoms with Crippen LogP contribution in [0.4, 0.5) is 0 Å². The molecule has 2 saturated heterocycles. The molecule has 3 aliphatic rings. The molecule has 2 bridgehead atoms. The van der Waals surface area contributed by atoms with Crippen LogP contribution >= 0.6 is 0 Å². The van der Waals surface area contributed by atoms with Crippen LogP contribution in [0.15, 0.2) is 36.7 Å². The molecular weight excluding hydrogens is 284 g/mol. The fourth-order valence-corrected chi connectivity index (χ4v) is 3.94. The second-order valence-electron chi connectivity index (χ2n) is 6.17. The van der Waals surface area contributed by atoms with E-state index in [1.807, 2.05) is 25.1 Å². The van der Waals surface area contributed by atoms with Crippen LogP contribution in [-0.4, -0.2) is 45.1 Å². The van der Waals surface area contributed by atoms with Gasteiger partial charge in [0.1, 0.15) is 11.5 Å². The second kappa shape index (κ2) is 4.39. The summed E-state index contributed by atoms with van der Waals surface area (Å²) in [4.78, 5) is 30.2. The van der Waals surface area contributed by atoms with Crippen molar-refractivity contribution in [3.63, 3.8) is 0 Å². The summed E-state index contributed by atoms with van der Waals surface area (Å²) in [5, 5.41) is 9.44.